The average molecular weight is 461 g/mol. The first-order valence-electron chi connectivity index (χ1n) is 12.2. The third kappa shape index (κ3) is 5.03. The van der Waals surface area contributed by atoms with Crippen LogP contribution in [0.15, 0.2) is 12.3 Å². The number of ether oxygens (including phenoxy) is 2. The van der Waals surface area contributed by atoms with E-state index < -0.39 is 6.09 Å². The fourth-order valence-corrected chi connectivity index (χ4v) is 5.50. The van der Waals surface area contributed by atoms with Crippen molar-refractivity contribution in [3.05, 3.63) is 12.3 Å². The lowest BCUT2D eigenvalue weighted by molar-refractivity contribution is -0.139. The van der Waals surface area contributed by atoms with Gasteiger partial charge in [-0.05, 0) is 51.4 Å². The first-order valence-corrected chi connectivity index (χ1v) is 12.2. The van der Waals surface area contributed by atoms with Crippen LogP contribution in [-0.4, -0.2) is 72.5 Å². The largest absolute Gasteiger partial charge is 0.493 e. The summed E-state index contributed by atoms with van der Waals surface area (Å²) in [5, 5.41) is 12.5. The number of nitrogens with one attached hydrogen (secondary N) is 1. The molecule has 1 aromatic rings. The number of piperidine rings is 1. The van der Waals surface area contributed by atoms with Gasteiger partial charge in [0.2, 0.25) is 5.91 Å². The second-order valence-corrected chi connectivity index (χ2v) is 9.53. The van der Waals surface area contributed by atoms with Crippen molar-refractivity contribution in [1.82, 2.24) is 9.88 Å². The number of carbonyl (C=O) groups excluding carboxylic acids is 2. The molecule has 2 N–H and O–H groups in total. The highest BCUT2D eigenvalue weighted by Crippen LogP contribution is 2.44. The summed E-state index contributed by atoms with van der Waals surface area (Å²) in [6.07, 6.45) is 7.60. The zero-order valence-electron chi connectivity index (χ0n) is 19.7. The lowest BCUT2D eigenvalue weighted by Gasteiger charge is -2.41. The van der Waals surface area contributed by atoms with E-state index in [0.29, 0.717) is 30.4 Å². The Bertz CT molecular complexity index is 857. The van der Waals surface area contributed by atoms with Crippen LogP contribution in [0.2, 0.25) is 0 Å². The summed E-state index contributed by atoms with van der Waals surface area (Å²) in [6.45, 7) is 4.51. The standard InChI is InChI=1S/C24H36N4O5/c1-3-13-33-23(31)26-17-14-20(32-2)21(25-15-17)27-11-4-9-24(16-27)10-12-28(22(24)30)18-5-7-19(29)8-6-18/h14-15,18-19,29H,3-13,16H2,1-2H3,(H,26,31)/t18?,19?,24-/m0/s1. The highest BCUT2D eigenvalue weighted by Gasteiger charge is 2.51. The molecule has 0 aromatic carbocycles. The number of anilines is 2. The van der Waals surface area contributed by atoms with Crippen LogP contribution in [0.3, 0.4) is 0 Å². The van der Waals surface area contributed by atoms with Crippen molar-refractivity contribution in [2.45, 2.75) is 70.4 Å². The van der Waals surface area contributed by atoms with Gasteiger partial charge >= 0.3 is 6.09 Å². The van der Waals surface area contributed by atoms with Crippen molar-refractivity contribution >= 4 is 23.5 Å². The van der Waals surface area contributed by atoms with Crippen LogP contribution >= 0.6 is 0 Å². The molecule has 4 rings (SSSR count). The number of nitrogens with zero attached hydrogens (tertiary/aromatic N) is 3. The van der Waals surface area contributed by atoms with Crippen LogP contribution in [0.1, 0.15) is 58.3 Å². The molecule has 9 heteroatoms. The molecular weight excluding hydrogens is 424 g/mol. The number of carbonyl (C=O) groups is 2. The minimum Gasteiger partial charge on any atom is -0.493 e. The molecule has 1 aliphatic carbocycles. The van der Waals surface area contributed by atoms with Crippen molar-refractivity contribution in [1.29, 1.82) is 0 Å². The van der Waals surface area contributed by atoms with Gasteiger partial charge in [0.05, 0.1) is 37.1 Å². The second kappa shape index (κ2) is 10.2. The molecule has 2 saturated heterocycles. The Balaban J connectivity index is 1.46. The molecule has 3 fully saturated rings. The highest BCUT2D eigenvalue weighted by atomic mass is 16.5. The Hall–Kier alpha value is -2.55. The number of likely N-dealkylation sites (tertiary alicyclic amines) is 1. The fourth-order valence-electron chi connectivity index (χ4n) is 5.50. The third-order valence-corrected chi connectivity index (χ3v) is 7.27. The summed E-state index contributed by atoms with van der Waals surface area (Å²) >= 11 is 0. The number of pyridine rings is 1. The number of hydrogen-bond acceptors (Lipinski definition) is 7. The highest BCUT2D eigenvalue weighted by molar-refractivity contribution is 5.87. The Labute approximate surface area is 195 Å². The SMILES string of the molecule is CCCOC(=O)Nc1cnc(N2CCC[C@]3(CCN(C4CCC(O)CC4)C3=O)C2)c(OC)c1. The van der Waals surface area contributed by atoms with Gasteiger partial charge in [-0.25, -0.2) is 9.78 Å². The maximum atomic E-state index is 13.6. The second-order valence-electron chi connectivity index (χ2n) is 9.53. The van der Waals surface area contributed by atoms with Gasteiger partial charge in [0.25, 0.3) is 0 Å². The summed E-state index contributed by atoms with van der Waals surface area (Å²) in [4.78, 5) is 34.3. The maximum absolute atomic E-state index is 13.6. The van der Waals surface area contributed by atoms with Crippen LogP contribution in [0.5, 0.6) is 5.75 Å². The van der Waals surface area contributed by atoms with Crippen molar-refractivity contribution in [3.8, 4) is 5.75 Å². The number of rotatable bonds is 6. The van der Waals surface area contributed by atoms with Crippen LogP contribution < -0.4 is 15.0 Å². The number of aliphatic hydroxyl groups is 1. The normalized spacial score (nSPS) is 27.7. The van der Waals surface area contributed by atoms with E-state index in [0.717, 1.165) is 64.5 Å². The van der Waals surface area contributed by atoms with Crippen LogP contribution in [0.25, 0.3) is 0 Å². The van der Waals surface area contributed by atoms with Gasteiger partial charge in [0.15, 0.2) is 11.6 Å². The minimum atomic E-state index is -0.516. The lowest BCUT2D eigenvalue weighted by Crippen LogP contribution is -2.50. The molecule has 1 aromatic heterocycles. The first kappa shape index (κ1) is 23.6. The molecule has 9 nitrogen and oxygen atoms in total. The minimum absolute atomic E-state index is 0.220. The predicted molar refractivity (Wildman–Crippen MR) is 125 cm³/mol. The smallest absolute Gasteiger partial charge is 0.411 e. The topological polar surface area (TPSA) is 104 Å². The number of aliphatic hydroxyl groups excluding tert-OH is 1. The van der Waals surface area contributed by atoms with Crippen molar-refractivity contribution < 1.29 is 24.2 Å². The van der Waals surface area contributed by atoms with E-state index in [9.17, 15) is 14.7 Å². The third-order valence-electron chi connectivity index (χ3n) is 7.27. The Morgan fingerprint density at radius 1 is 1.27 bits per heavy atom. The molecule has 33 heavy (non-hydrogen) atoms. The van der Waals surface area contributed by atoms with Crippen LogP contribution in [0, 0.1) is 5.41 Å². The van der Waals surface area contributed by atoms with E-state index in [4.69, 9.17) is 9.47 Å². The van der Waals surface area contributed by atoms with E-state index in [-0.39, 0.29) is 23.5 Å². The van der Waals surface area contributed by atoms with E-state index in [1.54, 1.807) is 19.4 Å². The fraction of sp³-hybridized carbons (Fsp3) is 0.708. The quantitative estimate of drug-likeness (QED) is 0.672. The van der Waals surface area contributed by atoms with Crippen molar-refractivity contribution in [2.24, 2.45) is 5.41 Å². The summed E-state index contributed by atoms with van der Waals surface area (Å²) in [5.41, 5.74) is 0.119. The predicted octanol–water partition coefficient (Wildman–Crippen LogP) is 3.17. The van der Waals surface area contributed by atoms with Gasteiger partial charge in [0.1, 0.15) is 0 Å². The average Bonchev–Trinajstić information content (AvgIpc) is 3.13. The van der Waals surface area contributed by atoms with Gasteiger partial charge in [-0.2, -0.15) is 0 Å². The Kier molecular flexibility index (Phi) is 7.26. The molecule has 1 atom stereocenters. The molecule has 3 aliphatic rings. The van der Waals surface area contributed by atoms with E-state index in [1.807, 2.05) is 6.92 Å². The van der Waals surface area contributed by atoms with E-state index in [2.05, 4.69) is 20.1 Å². The molecule has 2 aliphatic heterocycles. The van der Waals surface area contributed by atoms with Gasteiger partial charge in [0, 0.05) is 31.7 Å². The summed E-state index contributed by atoms with van der Waals surface area (Å²) < 4.78 is 10.7. The maximum Gasteiger partial charge on any atom is 0.411 e. The summed E-state index contributed by atoms with van der Waals surface area (Å²) in [6, 6.07) is 1.99. The molecule has 0 unspecified atom stereocenters. The van der Waals surface area contributed by atoms with Crippen molar-refractivity contribution in [2.75, 3.05) is 43.6 Å². The van der Waals surface area contributed by atoms with E-state index in [1.165, 1.54) is 0 Å². The molecule has 3 heterocycles. The monoisotopic (exact) mass is 460 g/mol. The molecule has 0 bridgehead atoms. The zero-order valence-corrected chi connectivity index (χ0v) is 19.7. The molecule has 1 saturated carbocycles. The summed E-state index contributed by atoms with van der Waals surface area (Å²) in [7, 11) is 1.58. The first-order chi connectivity index (χ1) is 16.0. The van der Waals surface area contributed by atoms with Gasteiger partial charge in [-0.15, -0.1) is 0 Å². The van der Waals surface area contributed by atoms with Gasteiger partial charge in [-0.3, -0.25) is 10.1 Å². The molecule has 2 amide bonds. The molecule has 1 spiro atoms. The number of hydrogen-bond donors (Lipinski definition) is 2. The molecule has 0 radical (unpaired) electrons. The van der Waals surface area contributed by atoms with E-state index >= 15 is 0 Å². The Morgan fingerprint density at radius 3 is 2.79 bits per heavy atom. The van der Waals surface area contributed by atoms with Gasteiger partial charge in [-0.1, -0.05) is 6.92 Å². The van der Waals surface area contributed by atoms with Crippen LogP contribution in [-0.2, 0) is 9.53 Å². The zero-order chi connectivity index (χ0) is 23.4. The molecular formula is C24H36N4O5. The Morgan fingerprint density at radius 2 is 2.06 bits per heavy atom. The lowest BCUT2D eigenvalue weighted by atomic mass is 9.78. The van der Waals surface area contributed by atoms with Crippen LogP contribution in [0.4, 0.5) is 16.3 Å². The van der Waals surface area contributed by atoms with Gasteiger partial charge < -0.3 is 24.4 Å². The number of amides is 2. The molecule has 182 valence electrons. The number of methoxy groups -OCH3 is 1. The summed E-state index contributed by atoms with van der Waals surface area (Å²) in [5.74, 6) is 1.50. The number of aromatic nitrogens is 1. The van der Waals surface area contributed by atoms with Crippen molar-refractivity contribution in [3.63, 3.8) is 0 Å².